The van der Waals surface area contributed by atoms with Crippen LogP contribution in [0.25, 0.3) is 0 Å². The first-order valence-electron chi connectivity index (χ1n) is 10.0. The summed E-state index contributed by atoms with van der Waals surface area (Å²) in [6, 6.07) is 15.2. The molecule has 2 rings (SSSR count). The SMILES string of the molecule is CCCCNC(=O)C(CC)N(Cc1ccc(F)cc1)C(=O)CSc1ccccc1. The number of hydrogen-bond donors (Lipinski definition) is 1. The second kappa shape index (κ2) is 12.3. The topological polar surface area (TPSA) is 49.4 Å². The third-order valence-electron chi connectivity index (χ3n) is 4.59. The Kier molecular flexibility index (Phi) is 9.71. The number of nitrogens with one attached hydrogen (secondary N) is 1. The van der Waals surface area contributed by atoms with E-state index in [9.17, 15) is 14.0 Å². The van der Waals surface area contributed by atoms with E-state index in [-0.39, 0.29) is 29.9 Å². The Morgan fingerprint density at radius 1 is 1.07 bits per heavy atom. The van der Waals surface area contributed by atoms with Crippen molar-refractivity contribution in [2.24, 2.45) is 0 Å². The molecule has 0 radical (unpaired) electrons. The van der Waals surface area contributed by atoms with Crippen molar-refractivity contribution in [3.05, 3.63) is 66.0 Å². The molecule has 1 unspecified atom stereocenters. The van der Waals surface area contributed by atoms with Gasteiger partial charge < -0.3 is 10.2 Å². The fourth-order valence-corrected chi connectivity index (χ4v) is 3.76. The van der Waals surface area contributed by atoms with Crippen LogP contribution in [0.1, 0.15) is 38.7 Å². The Morgan fingerprint density at radius 3 is 2.38 bits per heavy atom. The quantitative estimate of drug-likeness (QED) is 0.429. The van der Waals surface area contributed by atoms with Crippen LogP contribution in [0, 0.1) is 5.82 Å². The second-order valence-corrected chi connectivity index (χ2v) is 7.87. The predicted molar refractivity (Wildman–Crippen MR) is 116 cm³/mol. The molecule has 0 bridgehead atoms. The molecular formula is C23H29FN2O2S. The van der Waals surface area contributed by atoms with Gasteiger partial charge in [-0.2, -0.15) is 0 Å². The van der Waals surface area contributed by atoms with Gasteiger partial charge in [-0.25, -0.2) is 4.39 Å². The van der Waals surface area contributed by atoms with Gasteiger partial charge in [-0.15, -0.1) is 11.8 Å². The Morgan fingerprint density at radius 2 is 1.76 bits per heavy atom. The van der Waals surface area contributed by atoms with Crippen molar-refractivity contribution in [2.75, 3.05) is 12.3 Å². The van der Waals surface area contributed by atoms with E-state index in [0.29, 0.717) is 13.0 Å². The molecule has 0 saturated carbocycles. The van der Waals surface area contributed by atoms with Gasteiger partial charge in [-0.05, 0) is 42.7 Å². The number of amides is 2. The summed E-state index contributed by atoms with van der Waals surface area (Å²) in [4.78, 5) is 28.4. The van der Waals surface area contributed by atoms with Gasteiger partial charge in [0.25, 0.3) is 0 Å². The molecule has 6 heteroatoms. The van der Waals surface area contributed by atoms with Gasteiger partial charge in [0.15, 0.2) is 0 Å². The summed E-state index contributed by atoms with van der Waals surface area (Å²) in [5.74, 6) is -0.332. The van der Waals surface area contributed by atoms with Crippen molar-refractivity contribution >= 4 is 23.6 Å². The van der Waals surface area contributed by atoms with Gasteiger partial charge in [0.2, 0.25) is 11.8 Å². The molecular weight excluding hydrogens is 387 g/mol. The highest BCUT2D eigenvalue weighted by molar-refractivity contribution is 8.00. The Hall–Kier alpha value is -2.34. The number of thioether (sulfide) groups is 1. The summed E-state index contributed by atoms with van der Waals surface area (Å²) in [7, 11) is 0. The average molecular weight is 417 g/mol. The summed E-state index contributed by atoms with van der Waals surface area (Å²) < 4.78 is 13.3. The van der Waals surface area contributed by atoms with Crippen LogP contribution in [-0.4, -0.2) is 35.1 Å². The third kappa shape index (κ3) is 7.54. The Bertz CT molecular complexity index is 768. The Balaban J connectivity index is 2.14. The van der Waals surface area contributed by atoms with Gasteiger partial charge >= 0.3 is 0 Å². The number of halogens is 1. The number of nitrogens with zero attached hydrogens (tertiary/aromatic N) is 1. The van der Waals surface area contributed by atoms with Gasteiger partial charge in [-0.3, -0.25) is 9.59 Å². The molecule has 0 fully saturated rings. The highest BCUT2D eigenvalue weighted by Crippen LogP contribution is 2.20. The third-order valence-corrected chi connectivity index (χ3v) is 5.58. The number of carbonyl (C=O) groups is 2. The van der Waals surface area contributed by atoms with Crippen LogP contribution in [0.4, 0.5) is 4.39 Å². The lowest BCUT2D eigenvalue weighted by Gasteiger charge is -2.30. The van der Waals surface area contributed by atoms with Gasteiger partial charge in [0.05, 0.1) is 5.75 Å². The molecule has 1 atom stereocenters. The zero-order valence-electron chi connectivity index (χ0n) is 17.1. The lowest BCUT2D eigenvalue weighted by molar-refractivity contribution is -0.139. The second-order valence-electron chi connectivity index (χ2n) is 6.82. The molecule has 1 N–H and O–H groups in total. The van der Waals surface area contributed by atoms with Crippen LogP contribution in [0.15, 0.2) is 59.5 Å². The van der Waals surface area contributed by atoms with Crippen LogP contribution in [0.2, 0.25) is 0 Å². The minimum Gasteiger partial charge on any atom is -0.354 e. The Labute approximate surface area is 176 Å². The molecule has 0 aliphatic heterocycles. The average Bonchev–Trinajstić information content (AvgIpc) is 2.74. The first kappa shape index (κ1) is 22.9. The largest absolute Gasteiger partial charge is 0.354 e. The standard InChI is InChI=1S/C23H29FN2O2S/c1-3-5-15-25-23(28)21(4-2)26(16-18-11-13-19(24)14-12-18)22(27)17-29-20-9-7-6-8-10-20/h6-14,21H,3-5,15-17H2,1-2H3,(H,25,28). The van der Waals surface area contributed by atoms with Crippen LogP contribution in [0.5, 0.6) is 0 Å². The monoisotopic (exact) mass is 416 g/mol. The number of hydrogen-bond acceptors (Lipinski definition) is 3. The molecule has 0 aliphatic rings. The van der Waals surface area contributed by atoms with Crippen LogP contribution in [0.3, 0.4) is 0 Å². The van der Waals surface area contributed by atoms with E-state index in [1.165, 1.54) is 23.9 Å². The van der Waals surface area contributed by atoms with Crippen LogP contribution < -0.4 is 5.32 Å². The van der Waals surface area contributed by atoms with Gasteiger partial charge in [-0.1, -0.05) is 50.6 Å². The van der Waals surface area contributed by atoms with Gasteiger partial charge in [0.1, 0.15) is 11.9 Å². The zero-order valence-corrected chi connectivity index (χ0v) is 17.9. The number of carbonyl (C=O) groups excluding carboxylic acids is 2. The van der Waals surface area contributed by atoms with Crippen molar-refractivity contribution in [3.8, 4) is 0 Å². The molecule has 29 heavy (non-hydrogen) atoms. The lowest BCUT2D eigenvalue weighted by Crippen LogP contribution is -2.49. The van der Waals surface area contributed by atoms with E-state index in [2.05, 4.69) is 12.2 Å². The summed E-state index contributed by atoms with van der Waals surface area (Å²) in [5, 5.41) is 2.94. The molecule has 0 saturated heterocycles. The number of unbranched alkanes of at least 4 members (excludes halogenated alkanes) is 1. The summed E-state index contributed by atoms with van der Waals surface area (Å²) >= 11 is 1.45. The minimum atomic E-state index is -0.555. The van der Waals surface area contributed by atoms with Crippen molar-refractivity contribution in [1.29, 1.82) is 0 Å². The molecule has 4 nitrogen and oxygen atoms in total. The fourth-order valence-electron chi connectivity index (χ4n) is 2.96. The van der Waals surface area contributed by atoms with Crippen molar-refractivity contribution in [3.63, 3.8) is 0 Å². The van der Waals surface area contributed by atoms with Crippen molar-refractivity contribution < 1.29 is 14.0 Å². The first-order valence-corrected chi connectivity index (χ1v) is 11.0. The minimum absolute atomic E-state index is 0.110. The lowest BCUT2D eigenvalue weighted by atomic mass is 10.1. The first-order chi connectivity index (χ1) is 14.0. The van der Waals surface area contributed by atoms with E-state index in [0.717, 1.165) is 23.3 Å². The zero-order chi connectivity index (χ0) is 21.1. The van der Waals surface area contributed by atoms with E-state index in [1.54, 1.807) is 17.0 Å². The highest BCUT2D eigenvalue weighted by Gasteiger charge is 2.28. The smallest absolute Gasteiger partial charge is 0.242 e. The maximum atomic E-state index is 13.3. The van der Waals surface area contributed by atoms with Crippen LogP contribution >= 0.6 is 11.8 Å². The predicted octanol–water partition coefficient (Wildman–Crippen LogP) is 4.64. The molecule has 0 aliphatic carbocycles. The fraction of sp³-hybridized carbons (Fsp3) is 0.391. The van der Waals surface area contributed by atoms with E-state index >= 15 is 0 Å². The molecule has 2 aromatic rings. The summed E-state index contributed by atoms with van der Waals surface area (Å²) in [6.45, 7) is 4.84. The maximum absolute atomic E-state index is 13.3. The highest BCUT2D eigenvalue weighted by atomic mass is 32.2. The van der Waals surface area contributed by atoms with Crippen LogP contribution in [-0.2, 0) is 16.1 Å². The number of benzene rings is 2. The number of rotatable bonds is 11. The van der Waals surface area contributed by atoms with E-state index in [1.807, 2.05) is 37.3 Å². The molecule has 0 aromatic heterocycles. The summed E-state index contributed by atoms with van der Waals surface area (Å²) in [5.41, 5.74) is 0.796. The van der Waals surface area contributed by atoms with E-state index < -0.39 is 6.04 Å². The maximum Gasteiger partial charge on any atom is 0.242 e. The van der Waals surface area contributed by atoms with Crippen molar-refractivity contribution in [2.45, 2.75) is 50.6 Å². The molecule has 2 aromatic carbocycles. The molecule has 156 valence electrons. The van der Waals surface area contributed by atoms with E-state index in [4.69, 9.17) is 0 Å². The summed E-state index contributed by atoms with van der Waals surface area (Å²) in [6.07, 6.45) is 2.40. The van der Waals surface area contributed by atoms with Gasteiger partial charge in [0, 0.05) is 18.0 Å². The molecule has 0 spiro atoms. The normalized spacial score (nSPS) is 11.7. The molecule has 0 heterocycles. The molecule has 2 amide bonds. The van der Waals surface area contributed by atoms with Crippen molar-refractivity contribution in [1.82, 2.24) is 10.2 Å².